The van der Waals surface area contributed by atoms with Crippen LogP contribution >= 0.6 is 0 Å². The molecule has 19 heavy (non-hydrogen) atoms. The van der Waals surface area contributed by atoms with Crippen LogP contribution < -0.4 is 0 Å². The molecule has 5 atom stereocenters. The lowest BCUT2D eigenvalue weighted by molar-refractivity contribution is 0.104. The molecule has 1 fully saturated rings. The molecule has 110 valence electrons. The quantitative estimate of drug-likeness (QED) is 0.422. The van der Waals surface area contributed by atoms with Gasteiger partial charge < -0.3 is 20.4 Å². The smallest absolute Gasteiger partial charge is 0.114 e. The van der Waals surface area contributed by atoms with Gasteiger partial charge in [0.05, 0.1) is 18.1 Å². The molecule has 1 aliphatic rings. The first-order valence-corrected chi connectivity index (χ1v) is 7.26. The van der Waals surface area contributed by atoms with Crippen LogP contribution in [0.5, 0.6) is 0 Å². The molecule has 0 heterocycles. The summed E-state index contributed by atoms with van der Waals surface area (Å²) in [6, 6.07) is 0. The summed E-state index contributed by atoms with van der Waals surface area (Å²) < 4.78 is 0. The topological polar surface area (TPSA) is 80.9 Å². The van der Waals surface area contributed by atoms with Gasteiger partial charge in [-0.1, -0.05) is 31.6 Å². The summed E-state index contributed by atoms with van der Waals surface area (Å²) in [6.07, 6.45) is 2.58. The fourth-order valence-corrected chi connectivity index (χ4v) is 2.67. The number of rotatable bonds is 6. The van der Waals surface area contributed by atoms with Gasteiger partial charge in [-0.15, -0.1) is 0 Å². The second-order valence-electron chi connectivity index (χ2n) is 5.37. The Labute approximate surface area is 115 Å². The van der Waals surface area contributed by atoms with Crippen LogP contribution in [-0.4, -0.2) is 45.3 Å². The van der Waals surface area contributed by atoms with E-state index >= 15 is 0 Å². The van der Waals surface area contributed by atoms with E-state index in [0.717, 1.165) is 19.3 Å². The Morgan fingerprint density at radius 3 is 2.58 bits per heavy atom. The lowest BCUT2D eigenvalue weighted by Crippen LogP contribution is -2.22. The van der Waals surface area contributed by atoms with Gasteiger partial charge in [0.1, 0.15) is 6.10 Å². The lowest BCUT2D eigenvalue weighted by atomic mass is 9.91. The van der Waals surface area contributed by atoms with Crippen molar-refractivity contribution in [2.45, 2.75) is 63.8 Å². The molecule has 0 bridgehead atoms. The summed E-state index contributed by atoms with van der Waals surface area (Å²) in [4.78, 5) is 0. The predicted octanol–water partition coefficient (Wildman–Crippen LogP) is 0.671. The summed E-state index contributed by atoms with van der Waals surface area (Å²) in [5.74, 6) is 5.13. The third-order valence-electron chi connectivity index (χ3n) is 3.81. The van der Waals surface area contributed by atoms with Gasteiger partial charge in [0.25, 0.3) is 0 Å². The zero-order valence-corrected chi connectivity index (χ0v) is 11.6. The van der Waals surface area contributed by atoms with Crippen LogP contribution in [0.15, 0.2) is 0 Å². The number of hydrogen-bond donors (Lipinski definition) is 4. The van der Waals surface area contributed by atoms with E-state index in [-0.39, 0.29) is 18.4 Å². The van der Waals surface area contributed by atoms with Gasteiger partial charge >= 0.3 is 0 Å². The molecule has 0 spiro atoms. The van der Waals surface area contributed by atoms with Gasteiger partial charge in [0.15, 0.2) is 0 Å². The first kappa shape index (κ1) is 16.5. The number of unbranched alkanes of at least 4 members (excludes halogenated alkanes) is 2. The maximum absolute atomic E-state index is 9.86. The molecular weight excluding hydrogens is 244 g/mol. The zero-order valence-electron chi connectivity index (χ0n) is 11.6. The summed E-state index contributed by atoms with van der Waals surface area (Å²) in [6.45, 7) is 2.08. The Hall–Kier alpha value is -0.600. The summed E-state index contributed by atoms with van der Waals surface area (Å²) >= 11 is 0. The van der Waals surface area contributed by atoms with Crippen LogP contribution in [0.3, 0.4) is 0 Å². The van der Waals surface area contributed by atoms with Crippen LogP contribution in [0.2, 0.25) is 0 Å². The highest BCUT2D eigenvalue weighted by Crippen LogP contribution is 2.34. The van der Waals surface area contributed by atoms with Gasteiger partial charge in [-0.3, -0.25) is 0 Å². The molecule has 0 aromatic rings. The zero-order chi connectivity index (χ0) is 14.3. The van der Waals surface area contributed by atoms with Crippen molar-refractivity contribution in [2.24, 2.45) is 11.8 Å². The molecule has 4 nitrogen and oxygen atoms in total. The highest BCUT2D eigenvalue weighted by Gasteiger charge is 2.40. The van der Waals surface area contributed by atoms with Crippen molar-refractivity contribution in [3.63, 3.8) is 0 Å². The summed E-state index contributed by atoms with van der Waals surface area (Å²) in [7, 11) is 0. The van der Waals surface area contributed by atoms with Crippen LogP contribution in [0.25, 0.3) is 0 Å². The first-order chi connectivity index (χ1) is 9.10. The van der Waals surface area contributed by atoms with Crippen molar-refractivity contribution in [2.75, 3.05) is 6.61 Å². The normalized spacial score (nSPS) is 31.8. The molecule has 0 amide bonds. The highest BCUT2D eigenvalue weighted by atomic mass is 16.3. The fraction of sp³-hybridized carbons (Fsp3) is 0.867. The molecule has 4 heteroatoms. The van der Waals surface area contributed by atoms with Crippen molar-refractivity contribution in [1.82, 2.24) is 0 Å². The molecule has 0 radical (unpaired) electrons. The minimum Gasteiger partial charge on any atom is -0.396 e. The standard InChI is InChI=1S/C15H26O4/c1-2-3-4-5-11(17)6-7-12-13(8-9-16)15(19)10-14(12)18/h11-19H,2-5,8-10H2,1H3/t11-,12+,13+,14+,15-/m1/s1. The lowest BCUT2D eigenvalue weighted by Gasteiger charge is -2.17. The van der Waals surface area contributed by atoms with E-state index in [0.29, 0.717) is 19.3 Å². The van der Waals surface area contributed by atoms with Crippen molar-refractivity contribution in [1.29, 1.82) is 0 Å². The molecule has 1 saturated carbocycles. The van der Waals surface area contributed by atoms with Crippen LogP contribution in [0, 0.1) is 23.7 Å². The van der Waals surface area contributed by atoms with E-state index in [1.54, 1.807) is 0 Å². The van der Waals surface area contributed by atoms with Crippen LogP contribution in [0.1, 0.15) is 45.4 Å². The maximum atomic E-state index is 9.86. The van der Waals surface area contributed by atoms with Crippen molar-refractivity contribution in [3.05, 3.63) is 0 Å². The number of aliphatic hydroxyl groups is 4. The molecule has 0 aliphatic heterocycles. The van der Waals surface area contributed by atoms with Crippen molar-refractivity contribution >= 4 is 0 Å². The Morgan fingerprint density at radius 1 is 1.21 bits per heavy atom. The second-order valence-corrected chi connectivity index (χ2v) is 5.37. The van der Waals surface area contributed by atoms with Crippen molar-refractivity contribution < 1.29 is 20.4 Å². The van der Waals surface area contributed by atoms with Gasteiger partial charge in [-0.25, -0.2) is 0 Å². The Balaban J connectivity index is 2.53. The SMILES string of the molecule is CCCCC[C@@H](O)C#C[C@H]1[C@H](CCO)[C@H](O)C[C@@H]1O. The number of aliphatic hydroxyl groups excluding tert-OH is 4. The highest BCUT2D eigenvalue weighted by molar-refractivity contribution is 5.14. The number of hydrogen-bond acceptors (Lipinski definition) is 4. The average molecular weight is 270 g/mol. The monoisotopic (exact) mass is 270 g/mol. The average Bonchev–Trinajstić information content (AvgIpc) is 2.63. The van der Waals surface area contributed by atoms with Crippen molar-refractivity contribution in [3.8, 4) is 11.8 Å². The third kappa shape index (κ3) is 5.12. The van der Waals surface area contributed by atoms with E-state index in [2.05, 4.69) is 18.8 Å². The molecule has 0 unspecified atom stereocenters. The summed E-state index contributed by atoms with van der Waals surface area (Å²) in [5.41, 5.74) is 0. The van der Waals surface area contributed by atoms with E-state index in [1.165, 1.54) is 0 Å². The molecule has 1 rings (SSSR count). The Bertz CT molecular complexity index is 307. The van der Waals surface area contributed by atoms with Gasteiger partial charge in [-0.2, -0.15) is 0 Å². The first-order valence-electron chi connectivity index (χ1n) is 7.26. The van der Waals surface area contributed by atoms with E-state index in [4.69, 9.17) is 5.11 Å². The minimum atomic E-state index is -0.665. The van der Waals surface area contributed by atoms with E-state index in [1.807, 2.05) is 0 Å². The van der Waals surface area contributed by atoms with E-state index in [9.17, 15) is 15.3 Å². The molecule has 0 saturated heterocycles. The third-order valence-corrected chi connectivity index (χ3v) is 3.81. The molecular formula is C15H26O4. The van der Waals surface area contributed by atoms with Gasteiger partial charge in [-0.05, 0) is 19.3 Å². The van der Waals surface area contributed by atoms with Gasteiger partial charge in [0.2, 0.25) is 0 Å². The molecule has 4 N–H and O–H groups in total. The molecule has 1 aliphatic carbocycles. The second kappa shape index (κ2) is 8.55. The van der Waals surface area contributed by atoms with Crippen LogP contribution in [-0.2, 0) is 0 Å². The Morgan fingerprint density at radius 2 is 1.95 bits per heavy atom. The van der Waals surface area contributed by atoms with Crippen LogP contribution in [0.4, 0.5) is 0 Å². The maximum Gasteiger partial charge on any atom is 0.114 e. The van der Waals surface area contributed by atoms with Gasteiger partial charge in [0, 0.05) is 18.9 Å². The molecule has 0 aromatic heterocycles. The Kier molecular flexibility index (Phi) is 7.40. The summed E-state index contributed by atoms with van der Waals surface area (Å²) in [5, 5.41) is 38.4. The predicted molar refractivity (Wildman–Crippen MR) is 73.2 cm³/mol. The van der Waals surface area contributed by atoms with E-state index < -0.39 is 18.3 Å². The molecule has 0 aromatic carbocycles. The minimum absolute atomic E-state index is 0.0221. The largest absolute Gasteiger partial charge is 0.396 e. The fourth-order valence-electron chi connectivity index (χ4n) is 2.67.